The maximum atomic E-state index is 12.3. The van der Waals surface area contributed by atoms with Gasteiger partial charge in [-0.3, -0.25) is 0 Å². The molecule has 7 heteroatoms. The van der Waals surface area contributed by atoms with Gasteiger partial charge in [-0.15, -0.1) is 0 Å². The molecule has 2 amide bonds. The number of ether oxygens (including phenoxy) is 3. The van der Waals surface area contributed by atoms with E-state index in [1.165, 1.54) is 0 Å². The second kappa shape index (κ2) is 9.33. The van der Waals surface area contributed by atoms with Gasteiger partial charge in [0.1, 0.15) is 5.75 Å². The normalized spacial score (nSPS) is 11.4. The number of urea groups is 1. The SMILES string of the molecule is COc1cccc(CC(C)NC(=O)Nc2cc(OC)c(OC)cc2Br)c1. The van der Waals surface area contributed by atoms with Crippen LogP contribution in [-0.4, -0.2) is 33.4 Å². The van der Waals surface area contributed by atoms with E-state index >= 15 is 0 Å². The number of anilines is 1. The van der Waals surface area contributed by atoms with Crippen LogP contribution >= 0.6 is 15.9 Å². The molecule has 0 aromatic heterocycles. The highest BCUT2D eigenvalue weighted by atomic mass is 79.9. The van der Waals surface area contributed by atoms with Crippen molar-refractivity contribution in [3.8, 4) is 17.2 Å². The Labute approximate surface area is 162 Å². The molecule has 2 aromatic rings. The van der Waals surface area contributed by atoms with Crippen LogP contribution in [0.25, 0.3) is 0 Å². The van der Waals surface area contributed by atoms with Crippen LogP contribution in [-0.2, 0) is 6.42 Å². The molecule has 0 saturated carbocycles. The molecule has 2 N–H and O–H groups in total. The third-order valence-corrected chi connectivity index (χ3v) is 4.43. The summed E-state index contributed by atoms with van der Waals surface area (Å²) in [7, 11) is 4.74. The van der Waals surface area contributed by atoms with E-state index in [9.17, 15) is 4.79 Å². The zero-order chi connectivity index (χ0) is 19.1. The average molecular weight is 423 g/mol. The van der Waals surface area contributed by atoms with Gasteiger partial charge in [-0.2, -0.15) is 0 Å². The molecule has 0 bridgehead atoms. The van der Waals surface area contributed by atoms with E-state index < -0.39 is 0 Å². The molecule has 1 unspecified atom stereocenters. The Kier molecular flexibility index (Phi) is 7.15. The van der Waals surface area contributed by atoms with E-state index in [2.05, 4.69) is 26.6 Å². The van der Waals surface area contributed by atoms with E-state index in [1.54, 1.807) is 33.5 Å². The molecule has 0 aliphatic rings. The largest absolute Gasteiger partial charge is 0.497 e. The van der Waals surface area contributed by atoms with Crippen LogP contribution < -0.4 is 24.8 Å². The molecule has 1 atom stereocenters. The molecule has 0 aliphatic heterocycles. The summed E-state index contributed by atoms with van der Waals surface area (Å²) < 4.78 is 16.4. The fraction of sp³-hybridized carbons (Fsp3) is 0.316. The predicted octanol–water partition coefficient (Wildman–Crippen LogP) is 4.23. The first kappa shape index (κ1) is 19.9. The fourth-order valence-corrected chi connectivity index (χ4v) is 2.96. The molecule has 0 saturated heterocycles. The molecular weight excluding hydrogens is 400 g/mol. The Balaban J connectivity index is 1.99. The van der Waals surface area contributed by atoms with Gasteiger partial charge in [0.25, 0.3) is 0 Å². The maximum Gasteiger partial charge on any atom is 0.319 e. The van der Waals surface area contributed by atoms with E-state index in [0.29, 0.717) is 28.1 Å². The van der Waals surface area contributed by atoms with Crippen molar-refractivity contribution in [3.63, 3.8) is 0 Å². The fourth-order valence-electron chi connectivity index (χ4n) is 2.54. The van der Waals surface area contributed by atoms with Gasteiger partial charge in [-0.1, -0.05) is 12.1 Å². The molecule has 0 spiro atoms. The maximum absolute atomic E-state index is 12.3. The van der Waals surface area contributed by atoms with Crippen LogP contribution in [0, 0.1) is 0 Å². The summed E-state index contributed by atoms with van der Waals surface area (Å²) in [5, 5.41) is 5.74. The lowest BCUT2D eigenvalue weighted by Crippen LogP contribution is -2.37. The van der Waals surface area contributed by atoms with Gasteiger partial charge in [-0.25, -0.2) is 4.79 Å². The molecular formula is C19H23BrN2O4. The number of nitrogens with one attached hydrogen (secondary N) is 2. The lowest BCUT2D eigenvalue weighted by atomic mass is 10.1. The summed E-state index contributed by atoms with van der Waals surface area (Å²) in [6.07, 6.45) is 0.692. The van der Waals surface area contributed by atoms with Crippen molar-refractivity contribution in [1.82, 2.24) is 5.32 Å². The molecule has 26 heavy (non-hydrogen) atoms. The average Bonchev–Trinajstić information content (AvgIpc) is 2.62. The minimum absolute atomic E-state index is 0.0546. The zero-order valence-electron chi connectivity index (χ0n) is 15.3. The quantitative estimate of drug-likeness (QED) is 0.700. The summed E-state index contributed by atoms with van der Waals surface area (Å²) in [5.74, 6) is 1.92. The lowest BCUT2D eigenvalue weighted by molar-refractivity contribution is 0.249. The molecule has 2 rings (SSSR count). The van der Waals surface area contributed by atoms with Crippen LogP contribution in [0.1, 0.15) is 12.5 Å². The van der Waals surface area contributed by atoms with Gasteiger partial charge < -0.3 is 24.8 Å². The number of methoxy groups -OCH3 is 3. The minimum atomic E-state index is -0.298. The summed E-state index contributed by atoms with van der Waals surface area (Å²) in [6, 6.07) is 10.9. The van der Waals surface area contributed by atoms with E-state index in [-0.39, 0.29) is 12.1 Å². The van der Waals surface area contributed by atoms with Crippen molar-refractivity contribution >= 4 is 27.6 Å². The number of rotatable bonds is 7. The highest BCUT2D eigenvalue weighted by molar-refractivity contribution is 9.10. The second-order valence-electron chi connectivity index (χ2n) is 5.74. The van der Waals surface area contributed by atoms with Crippen molar-refractivity contribution < 1.29 is 19.0 Å². The lowest BCUT2D eigenvalue weighted by Gasteiger charge is -2.17. The minimum Gasteiger partial charge on any atom is -0.497 e. The number of halogens is 1. The van der Waals surface area contributed by atoms with E-state index in [4.69, 9.17) is 14.2 Å². The predicted molar refractivity (Wildman–Crippen MR) is 106 cm³/mol. The Morgan fingerprint density at radius 1 is 1.08 bits per heavy atom. The van der Waals surface area contributed by atoms with Gasteiger partial charge >= 0.3 is 6.03 Å². The summed E-state index contributed by atoms with van der Waals surface area (Å²) >= 11 is 3.42. The number of amides is 2. The third-order valence-electron chi connectivity index (χ3n) is 3.77. The highest BCUT2D eigenvalue weighted by Crippen LogP contribution is 2.36. The third kappa shape index (κ3) is 5.29. The molecule has 6 nitrogen and oxygen atoms in total. The van der Waals surface area contributed by atoms with Crippen molar-refractivity contribution in [2.75, 3.05) is 26.6 Å². The number of benzene rings is 2. The van der Waals surface area contributed by atoms with E-state index in [0.717, 1.165) is 11.3 Å². The van der Waals surface area contributed by atoms with Crippen molar-refractivity contribution in [2.45, 2.75) is 19.4 Å². The van der Waals surface area contributed by atoms with Gasteiger partial charge in [-0.05, 0) is 47.0 Å². The Morgan fingerprint density at radius 3 is 2.42 bits per heavy atom. The van der Waals surface area contributed by atoms with Crippen molar-refractivity contribution in [3.05, 3.63) is 46.4 Å². The van der Waals surface area contributed by atoms with Crippen LogP contribution in [0.15, 0.2) is 40.9 Å². The highest BCUT2D eigenvalue weighted by Gasteiger charge is 2.13. The van der Waals surface area contributed by atoms with Crippen LogP contribution in [0.3, 0.4) is 0 Å². The van der Waals surface area contributed by atoms with Crippen LogP contribution in [0.4, 0.5) is 10.5 Å². The molecule has 0 heterocycles. The molecule has 0 aliphatic carbocycles. The van der Waals surface area contributed by atoms with Gasteiger partial charge in [0.2, 0.25) is 0 Å². The van der Waals surface area contributed by atoms with Crippen LogP contribution in [0.2, 0.25) is 0 Å². The number of hydrogen-bond acceptors (Lipinski definition) is 4. The summed E-state index contributed by atoms with van der Waals surface area (Å²) in [4.78, 5) is 12.3. The topological polar surface area (TPSA) is 68.8 Å². The summed E-state index contributed by atoms with van der Waals surface area (Å²) in [5.41, 5.74) is 1.68. The molecule has 140 valence electrons. The molecule has 0 fully saturated rings. The van der Waals surface area contributed by atoms with Crippen LogP contribution in [0.5, 0.6) is 17.2 Å². The summed E-state index contributed by atoms with van der Waals surface area (Å²) in [6.45, 7) is 1.95. The number of carbonyl (C=O) groups excluding carboxylic acids is 1. The number of carbonyl (C=O) groups is 1. The van der Waals surface area contributed by atoms with Crippen molar-refractivity contribution in [2.24, 2.45) is 0 Å². The van der Waals surface area contributed by atoms with Gasteiger partial charge in [0.05, 0.1) is 27.0 Å². The molecule has 0 radical (unpaired) electrons. The standard InChI is InChI=1S/C19H23BrN2O4/c1-12(8-13-6-5-7-14(9-13)24-2)21-19(23)22-16-11-18(26-4)17(25-3)10-15(16)20/h5-7,9-12H,8H2,1-4H3,(H2,21,22,23). The Hall–Kier alpha value is -2.41. The van der Waals surface area contributed by atoms with E-state index in [1.807, 2.05) is 31.2 Å². The monoisotopic (exact) mass is 422 g/mol. The first-order valence-corrected chi connectivity index (χ1v) is 8.88. The zero-order valence-corrected chi connectivity index (χ0v) is 16.8. The second-order valence-corrected chi connectivity index (χ2v) is 6.60. The first-order chi connectivity index (χ1) is 12.5. The Bertz CT molecular complexity index is 767. The van der Waals surface area contributed by atoms with Gasteiger partial charge in [0.15, 0.2) is 11.5 Å². The first-order valence-electron chi connectivity index (χ1n) is 8.08. The molecule has 2 aromatic carbocycles. The number of hydrogen-bond donors (Lipinski definition) is 2. The van der Waals surface area contributed by atoms with Gasteiger partial charge in [0, 0.05) is 22.6 Å². The Morgan fingerprint density at radius 2 is 1.77 bits per heavy atom. The van der Waals surface area contributed by atoms with Crippen molar-refractivity contribution in [1.29, 1.82) is 0 Å². The smallest absolute Gasteiger partial charge is 0.319 e.